The fourth-order valence-electron chi connectivity index (χ4n) is 2.37. The molecule has 0 bridgehead atoms. The number of hydrogen-bond donors (Lipinski definition) is 3. The molecule has 0 unspecified atom stereocenters. The first-order chi connectivity index (χ1) is 9.86. The van der Waals surface area contributed by atoms with E-state index in [1.54, 1.807) is 6.20 Å². The molecule has 1 fully saturated rings. The van der Waals surface area contributed by atoms with Gasteiger partial charge in [0.25, 0.3) is 0 Å². The Balaban J connectivity index is 0.00000220. The third-order valence-corrected chi connectivity index (χ3v) is 3.58. The van der Waals surface area contributed by atoms with Gasteiger partial charge in [-0.05, 0) is 50.9 Å². The number of aromatic nitrogens is 1. The van der Waals surface area contributed by atoms with Crippen molar-refractivity contribution in [3.8, 4) is 0 Å². The molecular weight excluding hydrogens is 288 g/mol. The molecule has 118 valence electrons. The molecule has 1 amide bonds. The van der Waals surface area contributed by atoms with Crippen molar-refractivity contribution in [2.45, 2.75) is 25.7 Å². The Labute approximate surface area is 132 Å². The first kappa shape index (κ1) is 17.7. The minimum atomic E-state index is 0. The van der Waals surface area contributed by atoms with Crippen molar-refractivity contribution < 1.29 is 4.79 Å². The Morgan fingerprint density at radius 3 is 2.71 bits per heavy atom. The maximum Gasteiger partial charge on any atom is 0.223 e. The SMILES string of the molecule is Cl.O=C(NCCCCNc1ccccn1)C1CCNCC1. The molecule has 1 aromatic rings. The zero-order chi connectivity index (χ0) is 14.0. The van der Waals surface area contributed by atoms with Crippen molar-refractivity contribution in [2.24, 2.45) is 5.92 Å². The zero-order valence-corrected chi connectivity index (χ0v) is 13.1. The highest BCUT2D eigenvalue weighted by Gasteiger charge is 2.19. The minimum absolute atomic E-state index is 0. The van der Waals surface area contributed by atoms with Gasteiger partial charge in [0.15, 0.2) is 0 Å². The normalized spacial score (nSPS) is 15.0. The summed E-state index contributed by atoms with van der Waals surface area (Å²) < 4.78 is 0. The Morgan fingerprint density at radius 1 is 1.24 bits per heavy atom. The van der Waals surface area contributed by atoms with Crippen LogP contribution in [0.15, 0.2) is 24.4 Å². The number of piperidine rings is 1. The lowest BCUT2D eigenvalue weighted by molar-refractivity contribution is -0.125. The van der Waals surface area contributed by atoms with Gasteiger partial charge in [0.1, 0.15) is 5.82 Å². The van der Waals surface area contributed by atoms with Crippen molar-refractivity contribution >= 4 is 24.1 Å². The lowest BCUT2D eigenvalue weighted by Crippen LogP contribution is -2.38. The molecule has 0 aliphatic carbocycles. The number of carbonyl (C=O) groups is 1. The lowest BCUT2D eigenvalue weighted by Gasteiger charge is -2.21. The van der Waals surface area contributed by atoms with Crippen molar-refractivity contribution in [1.82, 2.24) is 15.6 Å². The van der Waals surface area contributed by atoms with Crippen LogP contribution in [0.2, 0.25) is 0 Å². The molecule has 1 aliphatic rings. The Bertz CT molecular complexity index is 396. The topological polar surface area (TPSA) is 66.0 Å². The van der Waals surface area contributed by atoms with Crippen LogP contribution in [0.5, 0.6) is 0 Å². The number of unbranched alkanes of at least 4 members (excludes halogenated alkanes) is 1. The number of halogens is 1. The summed E-state index contributed by atoms with van der Waals surface area (Å²) in [5, 5.41) is 9.58. The van der Waals surface area contributed by atoms with Crippen molar-refractivity contribution in [3.63, 3.8) is 0 Å². The van der Waals surface area contributed by atoms with Crippen LogP contribution in [0.4, 0.5) is 5.82 Å². The van der Waals surface area contributed by atoms with Gasteiger partial charge in [-0.15, -0.1) is 12.4 Å². The van der Waals surface area contributed by atoms with Crippen molar-refractivity contribution in [3.05, 3.63) is 24.4 Å². The van der Waals surface area contributed by atoms with Crippen LogP contribution < -0.4 is 16.0 Å². The highest BCUT2D eigenvalue weighted by molar-refractivity contribution is 5.85. The molecule has 0 aromatic carbocycles. The summed E-state index contributed by atoms with van der Waals surface area (Å²) in [6.07, 6.45) is 5.74. The van der Waals surface area contributed by atoms with Gasteiger partial charge < -0.3 is 16.0 Å². The fraction of sp³-hybridized carbons (Fsp3) is 0.600. The van der Waals surface area contributed by atoms with Crippen molar-refractivity contribution in [1.29, 1.82) is 0 Å². The molecular formula is C15H25ClN4O. The molecule has 2 rings (SSSR count). The number of carbonyl (C=O) groups excluding carboxylic acids is 1. The van der Waals surface area contributed by atoms with E-state index in [9.17, 15) is 4.79 Å². The number of pyridine rings is 1. The maximum atomic E-state index is 11.9. The van der Waals surface area contributed by atoms with Gasteiger partial charge in [0, 0.05) is 25.2 Å². The van der Waals surface area contributed by atoms with Crippen molar-refractivity contribution in [2.75, 3.05) is 31.5 Å². The van der Waals surface area contributed by atoms with Crippen LogP contribution in [0.3, 0.4) is 0 Å². The molecule has 0 atom stereocenters. The molecule has 6 heteroatoms. The summed E-state index contributed by atoms with van der Waals surface area (Å²) in [5.41, 5.74) is 0. The van der Waals surface area contributed by atoms with E-state index in [-0.39, 0.29) is 24.2 Å². The molecule has 21 heavy (non-hydrogen) atoms. The molecule has 0 saturated carbocycles. The van der Waals surface area contributed by atoms with E-state index in [1.165, 1.54) is 0 Å². The Kier molecular flexibility index (Phi) is 8.78. The summed E-state index contributed by atoms with van der Waals surface area (Å²) >= 11 is 0. The van der Waals surface area contributed by atoms with E-state index in [0.29, 0.717) is 0 Å². The van der Waals surface area contributed by atoms with Gasteiger partial charge >= 0.3 is 0 Å². The first-order valence-electron chi connectivity index (χ1n) is 7.49. The second-order valence-corrected chi connectivity index (χ2v) is 5.16. The molecule has 1 aromatic heterocycles. The second kappa shape index (κ2) is 10.4. The summed E-state index contributed by atoms with van der Waals surface area (Å²) in [6.45, 7) is 3.59. The predicted octanol–water partition coefficient (Wildman–Crippen LogP) is 1.81. The Hall–Kier alpha value is -1.33. The summed E-state index contributed by atoms with van der Waals surface area (Å²) in [6, 6.07) is 5.83. The third kappa shape index (κ3) is 6.78. The smallest absolute Gasteiger partial charge is 0.223 e. The monoisotopic (exact) mass is 312 g/mol. The average Bonchev–Trinajstić information content (AvgIpc) is 2.52. The van der Waals surface area contributed by atoms with Gasteiger partial charge in [-0.3, -0.25) is 4.79 Å². The average molecular weight is 313 g/mol. The van der Waals surface area contributed by atoms with E-state index < -0.39 is 0 Å². The Morgan fingerprint density at radius 2 is 2.00 bits per heavy atom. The van der Waals surface area contributed by atoms with E-state index >= 15 is 0 Å². The van der Waals surface area contributed by atoms with Gasteiger partial charge in [0.05, 0.1) is 0 Å². The highest BCUT2D eigenvalue weighted by Crippen LogP contribution is 2.11. The number of hydrogen-bond acceptors (Lipinski definition) is 4. The van der Waals surface area contributed by atoms with Crippen LogP contribution in [0, 0.1) is 5.92 Å². The lowest BCUT2D eigenvalue weighted by atomic mass is 9.97. The molecule has 3 N–H and O–H groups in total. The van der Waals surface area contributed by atoms with Gasteiger partial charge in [-0.2, -0.15) is 0 Å². The standard InChI is InChI=1S/C15H24N4O.ClH/c20-15(13-6-11-16-12-7-13)19-10-4-3-9-18-14-5-1-2-8-17-14;/h1-2,5,8,13,16H,3-4,6-7,9-12H2,(H,17,18)(H,19,20);1H. The molecule has 0 spiro atoms. The summed E-state index contributed by atoms with van der Waals surface area (Å²) in [4.78, 5) is 16.1. The number of nitrogens with zero attached hydrogens (tertiary/aromatic N) is 1. The van der Waals surface area contributed by atoms with Crippen LogP contribution in [-0.4, -0.2) is 37.1 Å². The van der Waals surface area contributed by atoms with Crippen LogP contribution in [0.1, 0.15) is 25.7 Å². The predicted molar refractivity (Wildman–Crippen MR) is 87.8 cm³/mol. The first-order valence-corrected chi connectivity index (χ1v) is 7.49. The molecule has 0 radical (unpaired) electrons. The van der Waals surface area contributed by atoms with Gasteiger partial charge in [-0.1, -0.05) is 6.07 Å². The number of amides is 1. The quantitative estimate of drug-likeness (QED) is 0.672. The van der Waals surface area contributed by atoms with Gasteiger partial charge in [-0.25, -0.2) is 4.98 Å². The van der Waals surface area contributed by atoms with Gasteiger partial charge in [0.2, 0.25) is 5.91 Å². The molecule has 1 saturated heterocycles. The molecule has 1 aliphatic heterocycles. The molecule has 2 heterocycles. The van der Waals surface area contributed by atoms with Crippen LogP contribution in [0.25, 0.3) is 0 Å². The summed E-state index contributed by atoms with van der Waals surface area (Å²) in [7, 11) is 0. The van der Waals surface area contributed by atoms with Crippen LogP contribution >= 0.6 is 12.4 Å². The molecule has 5 nitrogen and oxygen atoms in total. The second-order valence-electron chi connectivity index (χ2n) is 5.16. The summed E-state index contributed by atoms with van der Waals surface area (Å²) in [5.74, 6) is 1.35. The van der Waals surface area contributed by atoms with E-state index in [2.05, 4.69) is 20.9 Å². The van der Waals surface area contributed by atoms with Crippen LogP contribution in [-0.2, 0) is 4.79 Å². The number of rotatable bonds is 7. The largest absolute Gasteiger partial charge is 0.370 e. The third-order valence-electron chi connectivity index (χ3n) is 3.58. The maximum absolute atomic E-state index is 11.9. The fourth-order valence-corrected chi connectivity index (χ4v) is 2.37. The highest BCUT2D eigenvalue weighted by atomic mass is 35.5. The number of anilines is 1. The van der Waals surface area contributed by atoms with E-state index in [1.807, 2.05) is 18.2 Å². The van der Waals surface area contributed by atoms with E-state index in [4.69, 9.17) is 0 Å². The van der Waals surface area contributed by atoms with E-state index in [0.717, 1.165) is 57.7 Å². The number of nitrogens with one attached hydrogen (secondary N) is 3. The zero-order valence-electron chi connectivity index (χ0n) is 12.3. The minimum Gasteiger partial charge on any atom is -0.370 e.